The molecule has 1 fully saturated rings. The number of rotatable bonds is 4. The van der Waals surface area contributed by atoms with Crippen LogP contribution >= 0.6 is 11.6 Å². The third kappa shape index (κ3) is 4.58. The molecular formula is C15H16ClNO4. The number of ether oxygens (including phenoxy) is 1. The lowest BCUT2D eigenvalue weighted by molar-refractivity contribution is -0.145. The molecule has 1 aliphatic heterocycles. The van der Waals surface area contributed by atoms with E-state index in [2.05, 4.69) is 0 Å². The van der Waals surface area contributed by atoms with Gasteiger partial charge < -0.3 is 14.7 Å². The fourth-order valence-electron chi connectivity index (χ4n) is 2.11. The lowest BCUT2D eigenvalue weighted by atomic mass is 10.2. The summed E-state index contributed by atoms with van der Waals surface area (Å²) in [6.45, 7) is 1.10. The van der Waals surface area contributed by atoms with Crippen molar-refractivity contribution in [3.05, 3.63) is 40.9 Å². The van der Waals surface area contributed by atoms with Crippen molar-refractivity contribution in [3.8, 4) is 0 Å². The first kappa shape index (κ1) is 15.5. The van der Waals surface area contributed by atoms with Crippen molar-refractivity contribution in [2.24, 2.45) is 0 Å². The average molecular weight is 310 g/mol. The number of hydrogen-bond acceptors (Lipinski definition) is 3. The summed E-state index contributed by atoms with van der Waals surface area (Å²) >= 11 is 6.01. The van der Waals surface area contributed by atoms with Gasteiger partial charge in [-0.05, 0) is 17.7 Å². The Morgan fingerprint density at radius 2 is 2.19 bits per heavy atom. The zero-order chi connectivity index (χ0) is 15.2. The number of aliphatic carboxylic acids is 1. The molecule has 1 amide bonds. The molecule has 0 radical (unpaired) electrons. The molecule has 1 aliphatic rings. The number of nitrogens with zero attached hydrogens (tertiary/aromatic N) is 1. The van der Waals surface area contributed by atoms with E-state index in [1.807, 2.05) is 18.2 Å². The minimum atomic E-state index is -0.930. The number of carbonyl (C=O) groups excluding carboxylic acids is 1. The number of halogens is 1. The summed E-state index contributed by atoms with van der Waals surface area (Å²) in [5.41, 5.74) is 0.767. The lowest BCUT2D eigenvalue weighted by Gasteiger charge is -2.31. The molecular weight excluding hydrogens is 294 g/mol. The lowest BCUT2D eigenvalue weighted by Crippen LogP contribution is -2.45. The molecule has 1 heterocycles. The monoisotopic (exact) mass is 309 g/mol. The standard InChI is InChI=1S/C15H16ClNO4/c16-13-4-2-1-3-11(13)5-6-14(18)17-7-8-21-12(10-17)9-15(19)20/h1-6,12H,7-10H2,(H,19,20)/b6-5+/t12-/m0/s1. The van der Waals surface area contributed by atoms with Gasteiger partial charge in [-0.25, -0.2) is 0 Å². The van der Waals surface area contributed by atoms with Crippen molar-refractivity contribution in [2.45, 2.75) is 12.5 Å². The molecule has 0 saturated carbocycles. The first-order valence-corrected chi connectivity index (χ1v) is 6.99. The van der Waals surface area contributed by atoms with Gasteiger partial charge in [0.15, 0.2) is 0 Å². The van der Waals surface area contributed by atoms with Crippen LogP contribution in [0.3, 0.4) is 0 Å². The van der Waals surface area contributed by atoms with E-state index in [-0.39, 0.29) is 18.9 Å². The summed E-state index contributed by atoms with van der Waals surface area (Å²) in [7, 11) is 0. The van der Waals surface area contributed by atoms with Crippen LogP contribution in [-0.4, -0.2) is 47.7 Å². The Bertz CT molecular complexity index is 558. The zero-order valence-corrected chi connectivity index (χ0v) is 12.1. The maximum atomic E-state index is 12.1. The van der Waals surface area contributed by atoms with Gasteiger partial charge in [0.1, 0.15) is 0 Å². The van der Waals surface area contributed by atoms with Gasteiger partial charge in [-0.15, -0.1) is 0 Å². The summed E-state index contributed by atoms with van der Waals surface area (Å²) in [5.74, 6) is -1.10. The van der Waals surface area contributed by atoms with Gasteiger partial charge in [-0.2, -0.15) is 0 Å². The second-order valence-electron chi connectivity index (χ2n) is 4.73. The number of amides is 1. The van der Waals surface area contributed by atoms with Crippen molar-refractivity contribution in [3.63, 3.8) is 0 Å². The molecule has 0 aromatic heterocycles. The van der Waals surface area contributed by atoms with E-state index in [0.29, 0.717) is 18.2 Å². The van der Waals surface area contributed by atoms with E-state index in [1.165, 1.54) is 6.08 Å². The molecule has 1 aromatic rings. The second kappa shape index (κ2) is 7.24. The molecule has 1 aromatic carbocycles. The Balaban J connectivity index is 1.96. The molecule has 0 unspecified atom stereocenters. The average Bonchev–Trinajstić information content (AvgIpc) is 2.45. The Kier molecular flexibility index (Phi) is 5.36. The first-order chi connectivity index (χ1) is 10.1. The van der Waals surface area contributed by atoms with Gasteiger partial charge >= 0.3 is 5.97 Å². The maximum absolute atomic E-state index is 12.1. The number of hydrogen-bond donors (Lipinski definition) is 1. The molecule has 6 heteroatoms. The molecule has 1 N–H and O–H groups in total. The zero-order valence-electron chi connectivity index (χ0n) is 11.4. The SMILES string of the molecule is O=C(O)C[C@H]1CN(C(=O)/C=C/c2ccccc2Cl)CCO1. The van der Waals surface area contributed by atoms with Gasteiger partial charge in [0.05, 0.1) is 19.1 Å². The number of carboxylic acid groups (broad SMARTS) is 1. The van der Waals surface area contributed by atoms with Gasteiger partial charge in [-0.1, -0.05) is 29.8 Å². The Hall–Kier alpha value is -1.85. The predicted octanol–water partition coefficient (Wildman–Crippen LogP) is 2.06. The second-order valence-corrected chi connectivity index (χ2v) is 5.14. The van der Waals surface area contributed by atoms with E-state index in [9.17, 15) is 9.59 Å². The van der Waals surface area contributed by atoms with Crippen LogP contribution < -0.4 is 0 Å². The van der Waals surface area contributed by atoms with E-state index >= 15 is 0 Å². The van der Waals surface area contributed by atoms with Gasteiger partial charge in [-0.3, -0.25) is 9.59 Å². The van der Waals surface area contributed by atoms with Crippen molar-refractivity contribution >= 4 is 29.6 Å². The largest absolute Gasteiger partial charge is 0.481 e. The molecule has 2 rings (SSSR count). The molecule has 21 heavy (non-hydrogen) atoms. The van der Waals surface area contributed by atoms with E-state index in [0.717, 1.165) is 5.56 Å². The topological polar surface area (TPSA) is 66.8 Å². The van der Waals surface area contributed by atoms with Crippen molar-refractivity contribution in [2.75, 3.05) is 19.7 Å². The first-order valence-electron chi connectivity index (χ1n) is 6.61. The van der Waals surface area contributed by atoms with Gasteiger partial charge in [0.2, 0.25) is 5.91 Å². The Morgan fingerprint density at radius 3 is 2.90 bits per heavy atom. The normalized spacial score (nSPS) is 18.9. The fourth-order valence-corrected chi connectivity index (χ4v) is 2.31. The molecule has 1 saturated heterocycles. The maximum Gasteiger partial charge on any atom is 0.306 e. The predicted molar refractivity (Wildman–Crippen MR) is 79.1 cm³/mol. The van der Waals surface area contributed by atoms with Crippen LogP contribution in [0, 0.1) is 0 Å². The highest BCUT2D eigenvalue weighted by atomic mass is 35.5. The van der Waals surface area contributed by atoms with E-state index in [1.54, 1.807) is 17.0 Å². The van der Waals surface area contributed by atoms with Crippen molar-refractivity contribution in [1.29, 1.82) is 0 Å². The highest BCUT2D eigenvalue weighted by Crippen LogP contribution is 2.17. The molecule has 1 atom stereocenters. The highest BCUT2D eigenvalue weighted by molar-refractivity contribution is 6.32. The van der Waals surface area contributed by atoms with Crippen LogP contribution in [0.2, 0.25) is 5.02 Å². The summed E-state index contributed by atoms with van der Waals surface area (Å²) in [4.78, 5) is 24.4. The minimum absolute atomic E-state index is 0.0992. The van der Waals surface area contributed by atoms with E-state index < -0.39 is 12.1 Å². The molecule has 5 nitrogen and oxygen atoms in total. The van der Waals surface area contributed by atoms with Crippen LogP contribution in [0.1, 0.15) is 12.0 Å². The number of carboxylic acids is 1. The third-order valence-corrected chi connectivity index (χ3v) is 3.51. The van der Waals surface area contributed by atoms with Crippen LogP contribution in [-0.2, 0) is 14.3 Å². The minimum Gasteiger partial charge on any atom is -0.481 e. The quantitative estimate of drug-likeness (QED) is 0.865. The molecule has 112 valence electrons. The molecule has 0 aliphatic carbocycles. The van der Waals surface area contributed by atoms with Gasteiger partial charge in [0, 0.05) is 24.2 Å². The number of benzene rings is 1. The highest BCUT2D eigenvalue weighted by Gasteiger charge is 2.24. The summed E-state index contributed by atoms with van der Waals surface area (Å²) in [6, 6.07) is 7.23. The molecule has 0 spiro atoms. The molecule has 0 bridgehead atoms. The van der Waals surface area contributed by atoms with Gasteiger partial charge in [0.25, 0.3) is 0 Å². The van der Waals surface area contributed by atoms with Crippen LogP contribution in [0.4, 0.5) is 0 Å². The summed E-state index contributed by atoms with van der Waals surface area (Å²) < 4.78 is 5.33. The van der Waals surface area contributed by atoms with Crippen molar-refractivity contribution < 1.29 is 19.4 Å². The fraction of sp³-hybridized carbons (Fsp3) is 0.333. The number of morpholine rings is 1. The number of carbonyl (C=O) groups is 2. The van der Waals surface area contributed by atoms with Crippen LogP contribution in [0.25, 0.3) is 6.08 Å². The Morgan fingerprint density at radius 1 is 1.43 bits per heavy atom. The van der Waals surface area contributed by atoms with E-state index in [4.69, 9.17) is 21.4 Å². The van der Waals surface area contributed by atoms with Crippen molar-refractivity contribution in [1.82, 2.24) is 4.90 Å². The Labute approximate surface area is 127 Å². The summed E-state index contributed by atoms with van der Waals surface area (Å²) in [6.07, 6.45) is 2.56. The third-order valence-electron chi connectivity index (χ3n) is 3.16. The van der Waals surface area contributed by atoms with Crippen LogP contribution in [0.5, 0.6) is 0 Å². The van der Waals surface area contributed by atoms with Crippen LogP contribution in [0.15, 0.2) is 30.3 Å². The summed E-state index contributed by atoms with van der Waals surface area (Å²) in [5, 5.41) is 9.34. The smallest absolute Gasteiger partial charge is 0.306 e.